The molecule has 2 N–H and O–H groups in total. The largest absolute Gasteiger partial charge is 0.478 e. The highest BCUT2D eigenvalue weighted by Gasteiger charge is 2.06. The van der Waals surface area contributed by atoms with E-state index in [4.69, 9.17) is 5.11 Å². The number of aromatic carboxylic acids is 1. The molecule has 1 aromatic carbocycles. The summed E-state index contributed by atoms with van der Waals surface area (Å²) >= 11 is 1.33. The topological polar surface area (TPSA) is 66.4 Å². The van der Waals surface area contributed by atoms with Gasteiger partial charge in [-0.05, 0) is 32.0 Å². The molecule has 92 valence electrons. The minimum Gasteiger partial charge on any atom is -0.478 e. The highest BCUT2D eigenvalue weighted by atomic mass is 32.2. The third-order valence-electron chi connectivity index (χ3n) is 1.90. The summed E-state index contributed by atoms with van der Waals surface area (Å²) in [7, 11) is 0. The predicted octanol–water partition coefficient (Wildman–Crippen LogP) is 2.00. The number of benzene rings is 1. The fourth-order valence-corrected chi connectivity index (χ4v) is 2.00. The van der Waals surface area contributed by atoms with Crippen molar-refractivity contribution >= 4 is 23.6 Å². The Bertz CT molecular complexity index is 418. The maximum Gasteiger partial charge on any atom is 0.335 e. The van der Waals surface area contributed by atoms with E-state index in [0.717, 1.165) is 4.90 Å². The molecule has 4 nitrogen and oxygen atoms in total. The molecular weight excluding hydrogens is 238 g/mol. The summed E-state index contributed by atoms with van der Waals surface area (Å²) in [6, 6.07) is 6.68. The van der Waals surface area contributed by atoms with Crippen molar-refractivity contribution in [3.63, 3.8) is 0 Å². The number of amides is 1. The number of hydrogen-bond acceptors (Lipinski definition) is 3. The van der Waals surface area contributed by atoms with E-state index in [1.54, 1.807) is 18.2 Å². The van der Waals surface area contributed by atoms with Gasteiger partial charge in [0.2, 0.25) is 5.91 Å². The molecule has 0 radical (unpaired) electrons. The molecule has 0 unspecified atom stereocenters. The highest BCUT2D eigenvalue weighted by molar-refractivity contribution is 8.00. The van der Waals surface area contributed by atoms with Crippen molar-refractivity contribution in [3.8, 4) is 0 Å². The lowest BCUT2D eigenvalue weighted by molar-refractivity contribution is -0.119. The molecule has 0 heterocycles. The van der Waals surface area contributed by atoms with Gasteiger partial charge in [0.05, 0.1) is 11.3 Å². The molecule has 1 rings (SSSR count). The van der Waals surface area contributed by atoms with E-state index in [1.807, 2.05) is 13.8 Å². The average molecular weight is 253 g/mol. The Kier molecular flexibility index (Phi) is 5.03. The molecule has 0 atom stereocenters. The Morgan fingerprint density at radius 2 is 2.12 bits per heavy atom. The van der Waals surface area contributed by atoms with Crippen molar-refractivity contribution in [2.75, 3.05) is 5.75 Å². The number of hydrogen-bond donors (Lipinski definition) is 2. The third kappa shape index (κ3) is 4.91. The molecule has 0 spiro atoms. The molecule has 17 heavy (non-hydrogen) atoms. The third-order valence-corrected chi connectivity index (χ3v) is 2.89. The van der Waals surface area contributed by atoms with E-state index in [1.165, 1.54) is 17.8 Å². The van der Waals surface area contributed by atoms with Crippen LogP contribution in [0.5, 0.6) is 0 Å². The van der Waals surface area contributed by atoms with Crippen LogP contribution in [0.4, 0.5) is 0 Å². The van der Waals surface area contributed by atoms with E-state index < -0.39 is 5.97 Å². The monoisotopic (exact) mass is 253 g/mol. The first-order valence-electron chi connectivity index (χ1n) is 5.24. The zero-order chi connectivity index (χ0) is 12.8. The van der Waals surface area contributed by atoms with Crippen molar-refractivity contribution < 1.29 is 14.7 Å². The number of carboxylic acids is 1. The molecule has 0 fully saturated rings. The number of carboxylic acid groups (broad SMARTS) is 1. The molecule has 0 aromatic heterocycles. The van der Waals surface area contributed by atoms with Crippen molar-refractivity contribution in [3.05, 3.63) is 29.8 Å². The summed E-state index contributed by atoms with van der Waals surface area (Å²) in [5.41, 5.74) is 0.235. The van der Waals surface area contributed by atoms with Gasteiger partial charge in [-0.1, -0.05) is 6.07 Å². The summed E-state index contributed by atoms with van der Waals surface area (Å²) in [6.45, 7) is 3.79. The van der Waals surface area contributed by atoms with Gasteiger partial charge in [0.15, 0.2) is 0 Å². The van der Waals surface area contributed by atoms with E-state index in [-0.39, 0.29) is 17.5 Å². The lowest BCUT2D eigenvalue weighted by Crippen LogP contribution is -2.31. The molecular formula is C12H15NO3S. The van der Waals surface area contributed by atoms with E-state index in [0.29, 0.717) is 5.75 Å². The number of rotatable bonds is 5. The Hall–Kier alpha value is -1.49. The van der Waals surface area contributed by atoms with E-state index in [9.17, 15) is 9.59 Å². The SMILES string of the molecule is CC(C)NC(=O)CSc1cccc(C(=O)O)c1. The standard InChI is InChI=1S/C12H15NO3S/c1-8(2)13-11(14)7-17-10-5-3-4-9(6-10)12(15)16/h3-6,8H,7H2,1-2H3,(H,13,14)(H,15,16). The molecule has 0 saturated carbocycles. The first-order valence-corrected chi connectivity index (χ1v) is 6.23. The normalized spacial score (nSPS) is 10.3. The predicted molar refractivity (Wildman–Crippen MR) is 67.4 cm³/mol. The minimum atomic E-state index is -0.959. The zero-order valence-electron chi connectivity index (χ0n) is 9.77. The van der Waals surface area contributed by atoms with Crippen LogP contribution in [0, 0.1) is 0 Å². The molecule has 1 amide bonds. The fourth-order valence-electron chi connectivity index (χ4n) is 1.23. The molecule has 1 aromatic rings. The zero-order valence-corrected chi connectivity index (χ0v) is 10.6. The lowest BCUT2D eigenvalue weighted by atomic mass is 10.2. The second-order valence-corrected chi connectivity index (χ2v) is 4.89. The maximum atomic E-state index is 11.4. The molecule has 0 bridgehead atoms. The van der Waals surface area contributed by atoms with Gasteiger partial charge >= 0.3 is 5.97 Å². The Balaban J connectivity index is 2.54. The van der Waals surface area contributed by atoms with Crippen LogP contribution >= 0.6 is 11.8 Å². The summed E-state index contributed by atoms with van der Waals surface area (Å²) in [5.74, 6) is -0.717. The smallest absolute Gasteiger partial charge is 0.335 e. The van der Waals surface area contributed by atoms with Gasteiger partial charge < -0.3 is 10.4 Å². The van der Waals surface area contributed by atoms with Crippen molar-refractivity contribution in [2.45, 2.75) is 24.8 Å². The molecule has 5 heteroatoms. The molecule has 0 saturated heterocycles. The summed E-state index contributed by atoms with van der Waals surface area (Å²) in [6.07, 6.45) is 0. The number of thioether (sulfide) groups is 1. The maximum absolute atomic E-state index is 11.4. The van der Waals surface area contributed by atoms with Crippen LogP contribution in [0.3, 0.4) is 0 Å². The number of nitrogens with one attached hydrogen (secondary N) is 1. The van der Waals surface area contributed by atoms with Gasteiger partial charge in [-0.2, -0.15) is 0 Å². The van der Waals surface area contributed by atoms with Crippen LogP contribution in [0.25, 0.3) is 0 Å². The summed E-state index contributed by atoms with van der Waals surface area (Å²) in [5, 5.41) is 11.6. The van der Waals surface area contributed by atoms with Gasteiger partial charge in [-0.3, -0.25) is 4.79 Å². The van der Waals surface area contributed by atoms with Gasteiger partial charge in [0.1, 0.15) is 0 Å². The van der Waals surface area contributed by atoms with Gasteiger partial charge in [0, 0.05) is 10.9 Å². The minimum absolute atomic E-state index is 0.0503. The number of carbonyl (C=O) groups is 2. The summed E-state index contributed by atoms with van der Waals surface area (Å²) < 4.78 is 0. The van der Waals surface area contributed by atoms with Crippen LogP contribution in [0.15, 0.2) is 29.2 Å². The lowest BCUT2D eigenvalue weighted by Gasteiger charge is -2.08. The second kappa shape index (κ2) is 6.30. The van der Waals surface area contributed by atoms with Crippen LogP contribution in [-0.4, -0.2) is 28.8 Å². The van der Waals surface area contributed by atoms with Gasteiger partial charge in [-0.15, -0.1) is 11.8 Å². The van der Waals surface area contributed by atoms with Gasteiger partial charge in [-0.25, -0.2) is 4.79 Å². The van der Waals surface area contributed by atoms with E-state index in [2.05, 4.69) is 5.32 Å². The number of carbonyl (C=O) groups excluding carboxylic acids is 1. The Morgan fingerprint density at radius 3 is 2.71 bits per heavy atom. The van der Waals surface area contributed by atoms with Crippen LogP contribution < -0.4 is 5.32 Å². The van der Waals surface area contributed by atoms with Crippen LogP contribution in [0.1, 0.15) is 24.2 Å². The molecule has 0 aliphatic rings. The van der Waals surface area contributed by atoms with Crippen molar-refractivity contribution in [1.29, 1.82) is 0 Å². The first kappa shape index (κ1) is 13.6. The van der Waals surface area contributed by atoms with Crippen LogP contribution in [0.2, 0.25) is 0 Å². The van der Waals surface area contributed by atoms with Crippen LogP contribution in [-0.2, 0) is 4.79 Å². The molecule has 0 aliphatic heterocycles. The summed E-state index contributed by atoms with van der Waals surface area (Å²) in [4.78, 5) is 22.9. The van der Waals surface area contributed by atoms with Gasteiger partial charge in [0.25, 0.3) is 0 Å². The van der Waals surface area contributed by atoms with Crippen molar-refractivity contribution in [2.24, 2.45) is 0 Å². The fraction of sp³-hybridized carbons (Fsp3) is 0.333. The quantitative estimate of drug-likeness (QED) is 0.788. The molecule has 0 aliphatic carbocycles. The Labute approximate surface area is 104 Å². The second-order valence-electron chi connectivity index (χ2n) is 3.84. The first-order chi connectivity index (χ1) is 7.99. The highest BCUT2D eigenvalue weighted by Crippen LogP contribution is 2.18. The Morgan fingerprint density at radius 1 is 1.41 bits per heavy atom. The van der Waals surface area contributed by atoms with Crippen molar-refractivity contribution in [1.82, 2.24) is 5.32 Å². The van der Waals surface area contributed by atoms with E-state index >= 15 is 0 Å². The average Bonchev–Trinajstić information content (AvgIpc) is 2.26.